The van der Waals surface area contributed by atoms with Gasteiger partial charge in [-0.15, -0.1) is 0 Å². The SMILES string of the molecule is Cn1cc(-c2cnc3ccn4c(C5CC5)c(-c5ccccc5Cl)nc4c3n2)cn1. The third kappa shape index (κ3) is 2.63. The molecule has 4 aromatic heterocycles. The first-order chi connectivity index (χ1) is 14.2. The molecule has 1 saturated carbocycles. The first-order valence-electron chi connectivity index (χ1n) is 9.60. The lowest BCUT2D eigenvalue weighted by atomic mass is 10.1. The number of hydrogen-bond acceptors (Lipinski definition) is 4. The second kappa shape index (κ2) is 6.12. The van der Waals surface area contributed by atoms with Gasteiger partial charge in [-0.1, -0.05) is 29.8 Å². The van der Waals surface area contributed by atoms with Crippen molar-refractivity contribution < 1.29 is 0 Å². The molecular weight excluding hydrogens is 384 g/mol. The highest BCUT2D eigenvalue weighted by Crippen LogP contribution is 2.46. The van der Waals surface area contributed by atoms with Gasteiger partial charge in [-0.05, 0) is 25.0 Å². The molecule has 5 aromatic rings. The van der Waals surface area contributed by atoms with Crippen molar-refractivity contribution in [2.45, 2.75) is 18.8 Å². The molecule has 0 unspecified atom stereocenters. The molecule has 0 aliphatic heterocycles. The van der Waals surface area contributed by atoms with Gasteiger partial charge in [-0.2, -0.15) is 5.10 Å². The van der Waals surface area contributed by atoms with Crippen molar-refractivity contribution in [3.05, 3.63) is 65.8 Å². The van der Waals surface area contributed by atoms with Gasteiger partial charge < -0.3 is 4.40 Å². The number of benzene rings is 1. The number of halogens is 1. The van der Waals surface area contributed by atoms with E-state index in [9.17, 15) is 0 Å². The molecule has 6 nitrogen and oxygen atoms in total. The van der Waals surface area contributed by atoms with Gasteiger partial charge in [0.25, 0.3) is 0 Å². The Labute approximate surface area is 171 Å². The van der Waals surface area contributed by atoms with Crippen LogP contribution in [0.2, 0.25) is 5.02 Å². The van der Waals surface area contributed by atoms with Crippen molar-refractivity contribution in [2.75, 3.05) is 0 Å². The minimum atomic E-state index is 0.503. The molecule has 1 aliphatic rings. The van der Waals surface area contributed by atoms with Gasteiger partial charge in [-0.3, -0.25) is 9.67 Å². The van der Waals surface area contributed by atoms with Gasteiger partial charge in [0.1, 0.15) is 5.52 Å². The third-order valence-corrected chi connectivity index (χ3v) is 5.77. The Morgan fingerprint density at radius 1 is 1.07 bits per heavy atom. The smallest absolute Gasteiger partial charge is 0.165 e. The summed E-state index contributed by atoms with van der Waals surface area (Å²) < 4.78 is 3.93. The predicted molar refractivity (Wildman–Crippen MR) is 113 cm³/mol. The number of aryl methyl sites for hydroxylation is 1. The number of imidazole rings is 1. The molecule has 0 amide bonds. The minimum absolute atomic E-state index is 0.503. The van der Waals surface area contributed by atoms with Gasteiger partial charge >= 0.3 is 0 Å². The zero-order valence-corrected chi connectivity index (χ0v) is 16.5. The summed E-state index contributed by atoms with van der Waals surface area (Å²) in [6.45, 7) is 0. The van der Waals surface area contributed by atoms with Crippen molar-refractivity contribution in [2.24, 2.45) is 7.05 Å². The van der Waals surface area contributed by atoms with E-state index in [4.69, 9.17) is 21.6 Å². The van der Waals surface area contributed by atoms with Crippen molar-refractivity contribution in [1.29, 1.82) is 0 Å². The summed E-state index contributed by atoms with van der Waals surface area (Å²) in [7, 11) is 1.89. The maximum absolute atomic E-state index is 6.52. The van der Waals surface area contributed by atoms with Gasteiger partial charge in [0.2, 0.25) is 0 Å². The molecule has 1 fully saturated rings. The van der Waals surface area contributed by atoms with Gasteiger partial charge in [-0.25, -0.2) is 9.97 Å². The van der Waals surface area contributed by atoms with Crippen LogP contribution in [0, 0.1) is 0 Å². The van der Waals surface area contributed by atoms with Crippen molar-refractivity contribution >= 4 is 28.3 Å². The predicted octanol–water partition coefficient (Wildman–Crippen LogP) is 4.88. The Balaban J connectivity index is 1.65. The number of nitrogens with zero attached hydrogens (tertiary/aromatic N) is 6. The summed E-state index contributed by atoms with van der Waals surface area (Å²) in [6.07, 6.45) is 9.92. The molecule has 1 aliphatic carbocycles. The van der Waals surface area contributed by atoms with Gasteiger partial charge in [0.05, 0.1) is 40.0 Å². The summed E-state index contributed by atoms with van der Waals surface area (Å²) in [4.78, 5) is 14.6. The summed E-state index contributed by atoms with van der Waals surface area (Å²) in [5.74, 6) is 0.503. The van der Waals surface area contributed by atoms with E-state index in [0.29, 0.717) is 10.9 Å². The largest absolute Gasteiger partial charge is 0.301 e. The van der Waals surface area contributed by atoms with Crippen LogP contribution in [0.5, 0.6) is 0 Å². The van der Waals surface area contributed by atoms with Crippen LogP contribution in [0.15, 0.2) is 55.1 Å². The molecule has 0 N–H and O–H groups in total. The minimum Gasteiger partial charge on any atom is -0.301 e. The molecule has 29 heavy (non-hydrogen) atoms. The molecule has 0 radical (unpaired) electrons. The van der Waals surface area contributed by atoms with Crippen LogP contribution in [-0.2, 0) is 7.05 Å². The first kappa shape index (κ1) is 16.7. The second-order valence-electron chi connectivity index (χ2n) is 7.50. The maximum Gasteiger partial charge on any atom is 0.165 e. The van der Waals surface area contributed by atoms with Crippen LogP contribution in [0.1, 0.15) is 24.5 Å². The summed E-state index contributed by atoms with van der Waals surface area (Å²) in [6, 6.07) is 9.90. The molecule has 4 heterocycles. The fraction of sp³-hybridized carbons (Fsp3) is 0.182. The van der Waals surface area contributed by atoms with E-state index in [1.807, 2.05) is 43.6 Å². The fourth-order valence-corrected chi connectivity index (χ4v) is 4.11. The lowest BCUT2D eigenvalue weighted by molar-refractivity contribution is 0.768. The molecular formula is C22H17ClN6. The molecule has 1 aromatic carbocycles. The van der Waals surface area contributed by atoms with Crippen molar-refractivity contribution in [3.63, 3.8) is 0 Å². The van der Waals surface area contributed by atoms with Crippen molar-refractivity contribution in [1.82, 2.24) is 29.1 Å². The Kier molecular flexibility index (Phi) is 3.52. The first-order valence-corrected chi connectivity index (χ1v) is 9.98. The quantitative estimate of drug-likeness (QED) is 0.433. The van der Waals surface area contributed by atoms with Crippen LogP contribution in [0.25, 0.3) is 39.2 Å². The molecule has 0 bridgehead atoms. The van der Waals surface area contributed by atoms with E-state index in [2.05, 4.69) is 20.7 Å². The summed E-state index contributed by atoms with van der Waals surface area (Å²) in [5, 5.41) is 4.96. The Bertz CT molecular complexity index is 1400. The highest BCUT2D eigenvalue weighted by atomic mass is 35.5. The Hall–Kier alpha value is -3.25. The number of rotatable bonds is 3. The molecule has 0 atom stereocenters. The number of fused-ring (bicyclic) bond motifs is 3. The molecule has 142 valence electrons. The highest BCUT2D eigenvalue weighted by Gasteiger charge is 2.32. The average molecular weight is 401 g/mol. The summed E-state index contributed by atoms with van der Waals surface area (Å²) >= 11 is 6.52. The lowest BCUT2D eigenvalue weighted by Gasteiger charge is -2.06. The van der Waals surface area contributed by atoms with E-state index in [-0.39, 0.29) is 0 Å². The highest BCUT2D eigenvalue weighted by molar-refractivity contribution is 6.33. The van der Waals surface area contributed by atoms with Crippen LogP contribution in [-0.4, -0.2) is 29.1 Å². The number of pyridine rings is 1. The standard InChI is InChI=1S/C22H17ClN6/c1-28-12-14(10-25-28)18-11-24-17-8-9-29-21(13-6-7-13)19(27-22(29)20(17)26-18)15-4-2-3-5-16(15)23/h2-5,8-13H,6-7H2,1H3. The van der Waals surface area contributed by atoms with Crippen molar-refractivity contribution in [3.8, 4) is 22.5 Å². The van der Waals surface area contributed by atoms with E-state index in [1.54, 1.807) is 17.1 Å². The number of hydrogen-bond donors (Lipinski definition) is 0. The summed E-state index contributed by atoms with van der Waals surface area (Å²) in [5.41, 5.74) is 7.26. The molecule has 0 saturated heterocycles. The number of aromatic nitrogens is 6. The van der Waals surface area contributed by atoms with E-state index in [1.165, 1.54) is 18.5 Å². The molecule has 6 rings (SSSR count). The monoisotopic (exact) mass is 400 g/mol. The fourth-order valence-electron chi connectivity index (χ4n) is 3.88. The zero-order chi connectivity index (χ0) is 19.5. The van der Waals surface area contributed by atoms with Gasteiger partial charge in [0.15, 0.2) is 5.65 Å². The van der Waals surface area contributed by atoms with Crippen LogP contribution in [0.4, 0.5) is 0 Å². The van der Waals surface area contributed by atoms with E-state index >= 15 is 0 Å². The average Bonchev–Trinajstić information content (AvgIpc) is 3.35. The third-order valence-electron chi connectivity index (χ3n) is 5.44. The van der Waals surface area contributed by atoms with Gasteiger partial charge in [0, 0.05) is 36.5 Å². The Morgan fingerprint density at radius 3 is 2.69 bits per heavy atom. The molecule has 7 heteroatoms. The second-order valence-corrected chi connectivity index (χ2v) is 7.91. The lowest BCUT2D eigenvalue weighted by Crippen LogP contribution is -1.95. The van der Waals surface area contributed by atoms with E-state index in [0.717, 1.165) is 39.2 Å². The normalized spacial score (nSPS) is 14.1. The van der Waals surface area contributed by atoms with E-state index < -0.39 is 0 Å². The van der Waals surface area contributed by atoms with Crippen LogP contribution < -0.4 is 0 Å². The Morgan fingerprint density at radius 2 is 1.93 bits per heavy atom. The van der Waals surface area contributed by atoms with Crippen LogP contribution >= 0.6 is 11.6 Å². The zero-order valence-electron chi connectivity index (χ0n) is 15.7. The maximum atomic E-state index is 6.52. The molecule has 0 spiro atoms. The van der Waals surface area contributed by atoms with Crippen LogP contribution in [0.3, 0.4) is 0 Å². The topological polar surface area (TPSA) is 60.9 Å².